The number of fused-ring (bicyclic) bond motifs is 2. The van der Waals surface area contributed by atoms with Gasteiger partial charge in [0.2, 0.25) is 0 Å². The van der Waals surface area contributed by atoms with E-state index in [1.165, 1.54) is 11.3 Å². The van der Waals surface area contributed by atoms with Gasteiger partial charge in [-0.05, 0) is 36.1 Å². The topological polar surface area (TPSA) is 54.5 Å². The number of esters is 1. The summed E-state index contributed by atoms with van der Waals surface area (Å²) in [7, 11) is 0. The van der Waals surface area contributed by atoms with Crippen molar-refractivity contribution in [2.45, 2.75) is 13.5 Å². The third-order valence-corrected chi connectivity index (χ3v) is 5.51. The van der Waals surface area contributed by atoms with E-state index in [2.05, 4.69) is 6.07 Å². The zero-order chi connectivity index (χ0) is 17.4. The molecule has 3 aromatic heterocycles. The molecular weight excluding hydrogens is 332 g/mol. The van der Waals surface area contributed by atoms with Gasteiger partial charge in [0.1, 0.15) is 17.6 Å². The quantitative estimate of drug-likeness (QED) is 0.506. The van der Waals surface area contributed by atoms with Crippen LogP contribution in [-0.4, -0.2) is 10.4 Å². The molecule has 0 radical (unpaired) electrons. The minimum absolute atomic E-state index is 0.0804. The molecule has 0 aliphatic rings. The van der Waals surface area contributed by atoms with Gasteiger partial charge in [-0.25, -0.2) is 4.79 Å². The molecule has 3 heterocycles. The Morgan fingerprint density at radius 3 is 2.84 bits per heavy atom. The van der Waals surface area contributed by atoms with Crippen LogP contribution in [-0.2, 0) is 11.3 Å². The first kappa shape index (κ1) is 15.4. The summed E-state index contributed by atoms with van der Waals surface area (Å²) >= 11 is 1.44. The summed E-state index contributed by atoms with van der Waals surface area (Å²) in [5, 5.41) is 10.5. The lowest BCUT2D eigenvalue weighted by atomic mass is 10.1. The van der Waals surface area contributed by atoms with Crippen molar-refractivity contribution >= 4 is 32.9 Å². The molecule has 4 nitrogen and oxygen atoms in total. The molecule has 0 N–H and O–H groups in total. The maximum Gasteiger partial charge on any atom is 0.348 e. The fraction of sp³-hybridized carbons (Fsp3) is 0.100. The second kappa shape index (κ2) is 6.08. The standard InChI is InChI=1S/C20H14N2O2S/c1-13-15-6-2-3-8-18(15)25-19(13)20(23)24-12-14-11-22-9-5-4-7-17(22)16(14)10-21/h2-9,11H,12H2,1H3. The van der Waals surface area contributed by atoms with Crippen LogP contribution in [0.1, 0.15) is 26.4 Å². The summed E-state index contributed by atoms with van der Waals surface area (Å²) in [6, 6.07) is 15.8. The van der Waals surface area contributed by atoms with E-state index in [0.717, 1.165) is 21.2 Å². The van der Waals surface area contributed by atoms with E-state index in [4.69, 9.17) is 4.74 Å². The highest BCUT2D eigenvalue weighted by Crippen LogP contribution is 2.31. The molecule has 25 heavy (non-hydrogen) atoms. The minimum Gasteiger partial charge on any atom is -0.457 e. The summed E-state index contributed by atoms with van der Waals surface area (Å²) in [6.07, 6.45) is 3.70. The second-order valence-corrected chi connectivity index (χ2v) is 6.81. The number of hydrogen-bond acceptors (Lipinski definition) is 4. The molecule has 0 aliphatic carbocycles. The smallest absolute Gasteiger partial charge is 0.348 e. The van der Waals surface area contributed by atoms with E-state index in [-0.39, 0.29) is 12.6 Å². The highest BCUT2D eigenvalue weighted by molar-refractivity contribution is 7.21. The van der Waals surface area contributed by atoms with Crippen LogP contribution in [0.2, 0.25) is 0 Å². The van der Waals surface area contributed by atoms with Crippen molar-refractivity contribution in [2.75, 3.05) is 0 Å². The summed E-state index contributed by atoms with van der Waals surface area (Å²) in [5.74, 6) is -0.349. The molecule has 122 valence electrons. The average Bonchev–Trinajstić information content (AvgIpc) is 3.17. The van der Waals surface area contributed by atoms with E-state index in [1.807, 2.05) is 66.2 Å². The van der Waals surface area contributed by atoms with Gasteiger partial charge in [0, 0.05) is 22.7 Å². The molecule has 0 saturated carbocycles. The summed E-state index contributed by atoms with van der Waals surface area (Å²) in [4.78, 5) is 13.1. The third-order valence-electron chi connectivity index (χ3n) is 4.26. The SMILES string of the molecule is Cc1c(C(=O)OCc2cn3ccccc3c2C#N)sc2ccccc12. The van der Waals surface area contributed by atoms with Gasteiger partial charge >= 0.3 is 5.97 Å². The molecule has 0 spiro atoms. The summed E-state index contributed by atoms with van der Waals surface area (Å²) < 4.78 is 8.44. The largest absolute Gasteiger partial charge is 0.457 e. The molecular formula is C20H14N2O2S. The fourth-order valence-electron chi connectivity index (χ4n) is 2.99. The minimum atomic E-state index is -0.349. The van der Waals surface area contributed by atoms with E-state index in [1.54, 1.807) is 0 Å². The number of ether oxygens (including phenoxy) is 1. The Morgan fingerprint density at radius 1 is 1.24 bits per heavy atom. The van der Waals surface area contributed by atoms with Crippen LogP contribution in [0.5, 0.6) is 0 Å². The Kier molecular flexibility index (Phi) is 3.75. The summed E-state index contributed by atoms with van der Waals surface area (Å²) in [5.41, 5.74) is 3.00. The number of benzene rings is 1. The molecule has 0 fully saturated rings. The fourth-order valence-corrected chi connectivity index (χ4v) is 4.10. The lowest BCUT2D eigenvalue weighted by molar-refractivity contribution is 0.0478. The van der Waals surface area contributed by atoms with Crippen molar-refractivity contribution in [3.63, 3.8) is 0 Å². The normalized spacial score (nSPS) is 10.9. The van der Waals surface area contributed by atoms with Crippen LogP contribution >= 0.6 is 11.3 Å². The predicted molar refractivity (Wildman–Crippen MR) is 97.8 cm³/mol. The first-order chi connectivity index (χ1) is 12.2. The molecule has 5 heteroatoms. The molecule has 1 aromatic carbocycles. The number of thiophene rings is 1. The van der Waals surface area contributed by atoms with Crippen molar-refractivity contribution in [3.8, 4) is 6.07 Å². The predicted octanol–water partition coefficient (Wildman–Crippen LogP) is 4.69. The van der Waals surface area contributed by atoms with Crippen molar-refractivity contribution in [1.29, 1.82) is 5.26 Å². The molecule has 0 amide bonds. The van der Waals surface area contributed by atoms with Gasteiger partial charge in [-0.15, -0.1) is 11.3 Å². The van der Waals surface area contributed by atoms with E-state index >= 15 is 0 Å². The number of hydrogen-bond donors (Lipinski definition) is 0. The Balaban J connectivity index is 1.62. The Labute approximate surface area is 148 Å². The molecule has 0 unspecified atom stereocenters. The molecule has 0 saturated heterocycles. The first-order valence-corrected chi connectivity index (χ1v) is 8.64. The number of carbonyl (C=O) groups is 1. The number of rotatable bonds is 3. The van der Waals surface area contributed by atoms with Gasteiger partial charge in [-0.1, -0.05) is 24.3 Å². The van der Waals surface area contributed by atoms with Crippen LogP contribution in [0.3, 0.4) is 0 Å². The molecule has 0 bridgehead atoms. The van der Waals surface area contributed by atoms with Crippen molar-refractivity contribution in [2.24, 2.45) is 0 Å². The van der Waals surface area contributed by atoms with Gasteiger partial charge in [0.25, 0.3) is 0 Å². The Bertz CT molecular complexity index is 1150. The first-order valence-electron chi connectivity index (χ1n) is 7.83. The maximum absolute atomic E-state index is 12.5. The third kappa shape index (κ3) is 2.57. The van der Waals surface area contributed by atoms with Crippen LogP contribution in [0, 0.1) is 18.3 Å². The van der Waals surface area contributed by atoms with Crippen LogP contribution < -0.4 is 0 Å². The molecule has 4 aromatic rings. The second-order valence-electron chi connectivity index (χ2n) is 5.76. The highest BCUT2D eigenvalue weighted by atomic mass is 32.1. The lowest BCUT2D eigenvalue weighted by Gasteiger charge is -2.03. The number of pyridine rings is 1. The van der Waals surface area contributed by atoms with E-state index in [9.17, 15) is 10.1 Å². The van der Waals surface area contributed by atoms with Crippen molar-refractivity contribution < 1.29 is 9.53 Å². The highest BCUT2D eigenvalue weighted by Gasteiger charge is 2.18. The van der Waals surface area contributed by atoms with Gasteiger partial charge in [0.15, 0.2) is 0 Å². The van der Waals surface area contributed by atoms with Crippen molar-refractivity contribution in [1.82, 2.24) is 4.40 Å². The summed E-state index contributed by atoms with van der Waals surface area (Å²) in [6.45, 7) is 2.01. The molecule has 0 aliphatic heterocycles. The number of nitriles is 1. The number of nitrogens with zero attached hydrogens (tertiary/aromatic N) is 2. The van der Waals surface area contributed by atoms with Crippen molar-refractivity contribution in [3.05, 3.63) is 76.4 Å². The van der Waals surface area contributed by atoms with Gasteiger partial charge < -0.3 is 9.14 Å². The zero-order valence-electron chi connectivity index (χ0n) is 13.5. The number of aryl methyl sites for hydroxylation is 1. The van der Waals surface area contributed by atoms with Crippen LogP contribution in [0.4, 0.5) is 0 Å². The Morgan fingerprint density at radius 2 is 2.04 bits per heavy atom. The van der Waals surface area contributed by atoms with Gasteiger partial charge in [-0.3, -0.25) is 0 Å². The maximum atomic E-state index is 12.5. The molecule has 4 rings (SSSR count). The van der Waals surface area contributed by atoms with E-state index < -0.39 is 0 Å². The van der Waals surface area contributed by atoms with Gasteiger partial charge in [-0.2, -0.15) is 5.26 Å². The van der Waals surface area contributed by atoms with Crippen LogP contribution in [0.15, 0.2) is 54.9 Å². The molecule has 0 atom stereocenters. The monoisotopic (exact) mass is 346 g/mol. The Hall–Kier alpha value is -3.10. The average molecular weight is 346 g/mol. The number of carbonyl (C=O) groups excluding carboxylic acids is 1. The van der Waals surface area contributed by atoms with E-state index in [0.29, 0.717) is 16.0 Å². The number of aromatic nitrogens is 1. The van der Waals surface area contributed by atoms with Gasteiger partial charge in [0.05, 0.1) is 11.1 Å². The lowest BCUT2D eigenvalue weighted by Crippen LogP contribution is -2.04. The van der Waals surface area contributed by atoms with Crippen LogP contribution in [0.25, 0.3) is 15.6 Å². The zero-order valence-corrected chi connectivity index (χ0v) is 14.3.